The van der Waals surface area contributed by atoms with Gasteiger partial charge in [-0.2, -0.15) is 0 Å². The minimum absolute atomic E-state index is 0.456. The maximum absolute atomic E-state index is 11.6. The van der Waals surface area contributed by atoms with Crippen molar-refractivity contribution in [1.82, 2.24) is 4.98 Å². The average Bonchev–Trinajstić information content (AvgIpc) is 2.38. The number of benzene rings is 1. The number of pyridine rings is 1. The number of hydrogen-bond acceptors (Lipinski definition) is 2. The third-order valence-corrected chi connectivity index (χ3v) is 3.83. The number of aryl methyl sites for hydroxylation is 2. The van der Waals surface area contributed by atoms with Crippen LogP contribution in [0.2, 0.25) is 0 Å². The van der Waals surface area contributed by atoms with Gasteiger partial charge in [-0.15, -0.1) is 0 Å². The lowest BCUT2D eigenvalue weighted by Crippen LogP contribution is -2.17. The maximum Gasteiger partial charge on any atom is 0.312 e. The lowest BCUT2D eigenvalue weighted by atomic mass is 9.91. The van der Waals surface area contributed by atoms with Gasteiger partial charge in [0.05, 0.1) is 5.69 Å². The molecule has 0 amide bonds. The van der Waals surface area contributed by atoms with Gasteiger partial charge in [-0.3, -0.25) is 9.78 Å². The van der Waals surface area contributed by atoms with Gasteiger partial charge < -0.3 is 5.11 Å². The Bertz CT molecular complexity index is 640. The lowest BCUT2D eigenvalue weighted by Gasteiger charge is -2.15. The van der Waals surface area contributed by atoms with Crippen LogP contribution >= 0.6 is 15.9 Å². The topological polar surface area (TPSA) is 50.2 Å². The first kappa shape index (κ1) is 14.7. The van der Waals surface area contributed by atoms with Gasteiger partial charge in [0.1, 0.15) is 5.92 Å². The van der Waals surface area contributed by atoms with Gasteiger partial charge in [0.2, 0.25) is 0 Å². The Morgan fingerprint density at radius 3 is 2.60 bits per heavy atom. The maximum atomic E-state index is 11.6. The number of aliphatic carboxylic acids is 1. The van der Waals surface area contributed by atoms with E-state index in [2.05, 4.69) is 20.9 Å². The molecule has 0 bridgehead atoms. The Morgan fingerprint density at radius 1 is 1.30 bits per heavy atom. The molecule has 0 spiro atoms. The van der Waals surface area contributed by atoms with Crippen molar-refractivity contribution in [2.24, 2.45) is 0 Å². The first-order valence-electron chi connectivity index (χ1n) is 6.38. The van der Waals surface area contributed by atoms with E-state index < -0.39 is 11.9 Å². The van der Waals surface area contributed by atoms with E-state index in [1.165, 1.54) is 0 Å². The summed E-state index contributed by atoms with van der Waals surface area (Å²) in [5.41, 5.74) is 3.67. The highest BCUT2D eigenvalue weighted by atomic mass is 79.9. The minimum atomic E-state index is -0.842. The molecule has 0 saturated carbocycles. The van der Waals surface area contributed by atoms with Crippen LogP contribution < -0.4 is 0 Å². The molecule has 1 N–H and O–H groups in total. The van der Waals surface area contributed by atoms with E-state index in [9.17, 15) is 9.90 Å². The van der Waals surface area contributed by atoms with Crippen molar-refractivity contribution in [3.8, 4) is 0 Å². The minimum Gasteiger partial charge on any atom is -0.481 e. The summed E-state index contributed by atoms with van der Waals surface area (Å²) in [6, 6.07) is 9.76. The van der Waals surface area contributed by atoms with Crippen LogP contribution in [0.3, 0.4) is 0 Å². The molecule has 0 radical (unpaired) electrons. The number of halogens is 1. The first-order chi connectivity index (χ1) is 9.49. The molecule has 1 heterocycles. The van der Waals surface area contributed by atoms with Crippen LogP contribution in [0.5, 0.6) is 0 Å². The number of nitrogens with zero attached hydrogens (tertiary/aromatic N) is 1. The Balaban J connectivity index is 2.37. The smallest absolute Gasteiger partial charge is 0.312 e. The molecule has 0 aliphatic carbocycles. The van der Waals surface area contributed by atoms with Gasteiger partial charge in [0.15, 0.2) is 0 Å². The quantitative estimate of drug-likeness (QED) is 0.923. The second kappa shape index (κ2) is 6.18. The van der Waals surface area contributed by atoms with Crippen molar-refractivity contribution in [1.29, 1.82) is 0 Å². The summed E-state index contributed by atoms with van der Waals surface area (Å²) in [5, 5.41) is 9.52. The highest BCUT2D eigenvalue weighted by molar-refractivity contribution is 9.10. The van der Waals surface area contributed by atoms with E-state index in [4.69, 9.17) is 0 Å². The van der Waals surface area contributed by atoms with Crippen molar-refractivity contribution < 1.29 is 9.90 Å². The lowest BCUT2D eigenvalue weighted by molar-refractivity contribution is -0.138. The van der Waals surface area contributed by atoms with Gasteiger partial charge in [0, 0.05) is 10.7 Å². The summed E-state index contributed by atoms with van der Waals surface area (Å²) in [5.74, 6) is -1.46. The molecule has 4 heteroatoms. The Labute approximate surface area is 126 Å². The van der Waals surface area contributed by atoms with E-state index >= 15 is 0 Å². The molecule has 3 nitrogen and oxygen atoms in total. The van der Waals surface area contributed by atoms with Gasteiger partial charge in [-0.1, -0.05) is 24.3 Å². The first-order valence-corrected chi connectivity index (χ1v) is 7.17. The van der Waals surface area contributed by atoms with Crippen LogP contribution in [0.1, 0.15) is 28.3 Å². The van der Waals surface area contributed by atoms with Crippen LogP contribution in [-0.4, -0.2) is 16.1 Å². The predicted octanol–water partition coefficient (Wildman–Crippen LogP) is 3.87. The molecular formula is C16H16BrNO2. The largest absolute Gasteiger partial charge is 0.481 e. The number of carboxylic acid groups (broad SMARTS) is 1. The molecule has 1 aromatic carbocycles. The zero-order chi connectivity index (χ0) is 14.7. The number of aromatic nitrogens is 1. The summed E-state index contributed by atoms with van der Waals surface area (Å²) in [7, 11) is 0. The highest BCUT2D eigenvalue weighted by Gasteiger charge is 2.24. The average molecular weight is 334 g/mol. The fraction of sp³-hybridized carbons (Fsp3) is 0.250. The third kappa shape index (κ3) is 3.25. The fourth-order valence-corrected chi connectivity index (χ4v) is 2.72. The molecule has 0 aliphatic heterocycles. The molecule has 0 saturated heterocycles. The highest BCUT2D eigenvalue weighted by Crippen LogP contribution is 2.25. The van der Waals surface area contributed by atoms with Crippen LogP contribution in [0, 0.1) is 13.8 Å². The molecule has 20 heavy (non-hydrogen) atoms. The Hall–Kier alpha value is -1.68. The van der Waals surface area contributed by atoms with Crippen molar-refractivity contribution in [3.05, 3.63) is 63.4 Å². The monoisotopic (exact) mass is 333 g/mol. The molecule has 1 unspecified atom stereocenters. The zero-order valence-corrected chi connectivity index (χ0v) is 13.0. The van der Waals surface area contributed by atoms with Gasteiger partial charge in [-0.05, 0) is 59.0 Å². The molecule has 2 aromatic rings. The van der Waals surface area contributed by atoms with Crippen LogP contribution in [-0.2, 0) is 11.2 Å². The Morgan fingerprint density at radius 2 is 2.00 bits per heavy atom. The van der Waals surface area contributed by atoms with E-state index in [0.717, 1.165) is 21.2 Å². The SMILES string of the molecule is Cc1ccccc1CC(C(=O)O)c1ncc(Br)cc1C. The van der Waals surface area contributed by atoms with E-state index in [1.807, 2.05) is 44.2 Å². The van der Waals surface area contributed by atoms with Crippen LogP contribution in [0.15, 0.2) is 41.0 Å². The van der Waals surface area contributed by atoms with Crippen LogP contribution in [0.4, 0.5) is 0 Å². The van der Waals surface area contributed by atoms with E-state index in [-0.39, 0.29) is 0 Å². The predicted molar refractivity (Wildman–Crippen MR) is 81.9 cm³/mol. The van der Waals surface area contributed by atoms with Crippen molar-refractivity contribution in [3.63, 3.8) is 0 Å². The second-order valence-corrected chi connectivity index (χ2v) is 5.79. The summed E-state index contributed by atoms with van der Waals surface area (Å²) in [6.45, 7) is 3.89. The van der Waals surface area contributed by atoms with Crippen molar-refractivity contribution >= 4 is 21.9 Å². The molecule has 104 valence electrons. The zero-order valence-electron chi connectivity index (χ0n) is 11.4. The molecule has 1 atom stereocenters. The number of carbonyl (C=O) groups is 1. The van der Waals surface area contributed by atoms with Gasteiger partial charge >= 0.3 is 5.97 Å². The van der Waals surface area contributed by atoms with Crippen LogP contribution in [0.25, 0.3) is 0 Å². The van der Waals surface area contributed by atoms with Gasteiger partial charge in [-0.25, -0.2) is 0 Å². The number of rotatable bonds is 4. The summed E-state index contributed by atoms with van der Waals surface area (Å²) >= 11 is 3.35. The third-order valence-electron chi connectivity index (χ3n) is 3.40. The normalized spacial score (nSPS) is 12.2. The standard InChI is InChI=1S/C16H16BrNO2/c1-10-5-3-4-6-12(10)8-14(16(19)20)15-11(2)7-13(17)9-18-15/h3-7,9,14H,8H2,1-2H3,(H,19,20). The molecule has 0 fully saturated rings. The molecular weight excluding hydrogens is 318 g/mol. The molecule has 0 aliphatic rings. The second-order valence-electron chi connectivity index (χ2n) is 4.88. The van der Waals surface area contributed by atoms with E-state index in [1.54, 1.807) is 6.20 Å². The summed E-state index contributed by atoms with van der Waals surface area (Å²) in [6.07, 6.45) is 2.10. The molecule has 2 rings (SSSR count). The Kier molecular flexibility index (Phi) is 4.55. The summed E-state index contributed by atoms with van der Waals surface area (Å²) in [4.78, 5) is 15.9. The van der Waals surface area contributed by atoms with Crippen molar-refractivity contribution in [2.75, 3.05) is 0 Å². The number of hydrogen-bond donors (Lipinski definition) is 1. The van der Waals surface area contributed by atoms with E-state index in [0.29, 0.717) is 12.1 Å². The van der Waals surface area contributed by atoms with Crippen molar-refractivity contribution in [2.45, 2.75) is 26.2 Å². The van der Waals surface area contributed by atoms with Gasteiger partial charge in [0.25, 0.3) is 0 Å². The summed E-state index contributed by atoms with van der Waals surface area (Å²) < 4.78 is 0.860. The number of carboxylic acids is 1. The molecule has 1 aromatic heterocycles. The fourth-order valence-electron chi connectivity index (χ4n) is 2.28.